The number of aliphatic hydroxyl groups excluding tert-OH is 1. The molecular weight excluding hydrogens is 268 g/mol. The minimum absolute atomic E-state index is 0.0703. The van der Waals surface area contributed by atoms with Gasteiger partial charge in [-0.05, 0) is 31.2 Å². The van der Waals surface area contributed by atoms with Gasteiger partial charge in [-0.3, -0.25) is 4.79 Å². The fraction of sp³-hybridized carbons (Fsp3) is 0.250. The second-order valence-electron chi connectivity index (χ2n) is 3.85. The Labute approximate surface area is 115 Å². The minimum Gasteiger partial charge on any atom is -0.395 e. The zero-order chi connectivity index (χ0) is 13.8. The first-order valence-electron chi connectivity index (χ1n) is 5.70. The topological polar surface area (TPSA) is 80.0 Å². The van der Waals surface area contributed by atoms with E-state index in [1.807, 2.05) is 0 Å². The van der Waals surface area contributed by atoms with E-state index in [9.17, 15) is 4.79 Å². The Kier molecular flexibility index (Phi) is 4.13. The van der Waals surface area contributed by atoms with Gasteiger partial charge in [0.2, 0.25) is 5.82 Å². The third kappa shape index (κ3) is 3.10. The Morgan fingerprint density at radius 1 is 1.42 bits per heavy atom. The van der Waals surface area contributed by atoms with Crippen LogP contribution in [-0.2, 0) is 0 Å². The molecule has 0 fully saturated rings. The smallest absolute Gasteiger partial charge is 0.291 e. The molecule has 1 amide bonds. The molecule has 0 aliphatic rings. The standard InChI is InChI=1S/C12H13ClN4O2/c1-8-15-11(12(19)14-6-7-18)16-17(8)10-4-2-9(13)3-5-10/h2-5,18H,6-7H2,1H3,(H,14,19). The van der Waals surface area contributed by atoms with E-state index in [0.717, 1.165) is 5.69 Å². The molecule has 19 heavy (non-hydrogen) atoms. The van der Waals surface area contributed by atoms with E-state index in [-0.39, 0.29) is 19.0 Å². The van der Waals surface area contributed by atoms with Gasteiger partial charge in [0.15, 0.2) is 0 Å². The lowest BCUT2D eigenvalue weighted by molar-refractivity contribution is 0.0934. The van der Waals surface area contributed by atoms with Crippen LogP contribution in [0.4, 0.5) is 0 Å². The molecule has 2 rings (SSSR count). The monoisotopic (exact) mass is 280 g/mol. The third-order valence-corrected chi connectivity index (χ3v) is 2.69. The molecule has 2 aromatic rings. The van der Waals surface area contributed by atoms with Gasteiger partial charge in [0, 0.05) is 11.6 Å². The summed E-state index contributed by atoms with van der Waals surface area (Å²) in [6.45, 7) is 1.81. The number of hydrogen-bond acceptors (Lipinski definition) is 4. The molecule has 100 valence electrons. The maximum Gasteiger partial charge on any atom is 0.291 e. The van der Waals surface area contributed by atoms with E-state index in [2.05, 4.69) is 15.4 Å². The predicted molar refractivity (Wildman–Crippen MR) is 70.5 cm³/mol. The van der Waals surface area contributed by atoms with Gasteiger partial charge in [0.05, 0.1) is 12.3 Å². The van der Waals surface area contributed by atoms with E-state index in [1.165, 1.54) is 0 Å². The van der Waals surface area contributed by atoms with Crippen LogP contribution < -0.4 is 5.32 Å². The first-order chi connectivity index (χ1) is 9.11. The summed E-state index contributed by atoms with van der Waals surface area (Å²) in [5.41, 5.74) is 0.774. The Morgan fingerprint density at radius 3 is 2.74 bits per heavy atom. The molecule has 0 atom stereocenters. The maximum atomic E-state index is 11.7. The van der Waals surface area contributed by atoms with E-state index < -0.39 is 5.91 Å². The van der Waals surface area contributed by atoms with Crippen LogP contribution >= 0.6 is 11.6 Å². The zero-order valence-corrected chi connectivity index (χ0v) is 11.1. The molecule has 6 nitrogen and oxygen atoms in total. The lowest BCUT2D eigenvalue weighted by Crippen LogP contribution is -2.27. The number of nitrogens with zero attached hydrogens (tertiary/aromatic N) is 3. The SMILES string of the molecule is Cc1nc(C(=O)NCCO)nn1-c1ccc(Cl)cc1. The quantitative estimate of drug-likeness (QED) is 0.874. The highest BCUT2D eigenvalue weighted by atomic mass is 35.5. The highest BCUT2D eigenvalue weighted by molar-refractivity contribution is 6.30. The van der Waals surface area contributed by atoms with Crippen LogP contribution in [0.2, 0.25) is 5.02 Å². The highest BCUT2D eigenvalue weighted by Crippen LogP contribution is 2.14. The molecule has 0 saturated heterocycles. The van der Waals surface area contributed by atoms with Crippen molar-refractivity contribution in [2.45, 2.75) is 6.92 Å². The molecule has 0 aliphatic carbocycles. The lowest BCUT2D eigenvalue weighted by atomic mass is 10.3. The summed E-state index contributed by atoms with van der Waals surface area (Å²) in [7, 11) is 0. The minimum atomic E-state index is -0.412. The van der Waals surface area contributed by atoms with Crippen molar-refractivity contribution in [1.29, 1.82) is 0 Å². The number of aliphatic hydroxyl groups is 1. The van der Waals surface area contributed by atoms with Crippen LogP contribution in [0.3, 0.4) is 0 Å². The Bertz CT molecular complexity index is 580. The van der Waals surface area contributed by atoms with Crippen molar-refractivity contribution in [1.82, 2.24) is 20.1 Å². The van der Waals surface area contributed by atoms with Crippen molar-refractivity contribution in [2.24, 2.45) is 0 Å². The molecule has 1 aromatic heterocycles. The van der Waals surface area contributed by atoms with Gasteiger partial charge in [-0.1, -0.05) is 11.6 Å². The molecule has 0 aliphatic heterocycles. The summed E-state index contributed by atoms with van der Waals surface area (Å²) in [4.78, 5) is 15.8. The molecular formula is C12H13ClN4O2. The number of amides is 1. The average molecular weight is 281 g/mol. The summed E-state index contributed by atoms with van der Waals surface area (Å²) in [5.74, 6) is 0.252. The number of carbonyl (C=O) groups is 1. The number of carbonyl (C=O) groups excluding carboxylic acids is 1. The lowest BCUT2D eigenvalue weighted by Gasteiger charge is -2.02. The van der Waals surface area contributed by atoms with Crippen LogP contribution in [0.15, 0.2) is 24.3 Å². The molecule has 1 heterocycles. The number of halogens is 1. The van der Waals surface area contributed by atoms with Gasteiger partial charge in [0.25, 0.3) is 5.91 Å². The normalized spacial score (nSPS) is 10.5. The second kappa shape index (κ2) is 5.81. The van der Waals surface area contributed by atoms with Crippen molar-refractivity contribution in [2.75, 3.05) is 13.2 Å². The molecule has 2 N–H and O–H groups in total. The summed E-state index contributed by atoms with van der Waals surface area (Å²) >= 11 is 5.82. The van der Waals surface area contributed by atoms with Crippen LogP contribution in [0.5, 0.6) is 0 Å². The highest BCUT2D eigenvalue weighted by Gasteiger charge is 2.14. The van der Waals surface area contributed by atoms with E-state index in [0.29, 0.717) is 10.8 Å². The third-order valence-electron chi connectivity index (χ3n) is 2.44. The first kappa shape index (κ1) is 13.5. The molecule has 0 unspecified atom stereocenters. The summed E-state index contributed by atoms with van der Waals surface area (Å²) < 4.78 is 1.56. The Hall–Kier alpha value is -1.92. The largest absolute Gasteiger partial charge is 0.395 e. The molecule has 0 radical (unpaired) electrons. The predicted octanol–water partition coefficient (Wildman–Crippen LogP) is 0.951. The fourth-order valence-electron chi connectivity index (χ4n) is 1.56. The first-order valence-corrected chi connectivity index (χ1v) is 6.08. The molecule has 7 heteroatoms. The Morgan fingerprint density at radius 2 is 2.11 bits per heavy atom. The number of nitrogens with one attached hydrogen (secondary N) is 1. The molecule has 0 saturated carbocycles. The van der Waals surface area contributed by atoms with Crippen molar-refractivity contribution in [3.05, 3.63) is 40.9 Å². The average Bonchev–Trinajstić information content (AvgIpc) is 2.79. The maximum absolute atomic E-state index is 11.7. The van der Waals surface area contributed by atoms with Crippen LogP contribution in [0.25, 0.3) is 5.69 Å². The van der Waals surface area contributed by atoms with Crippen LogP contribution in [-0.4, -0.2) is 38.9 Å². The van der Waals surface area contributed by atoms with Crippen molar-refractivity contribution in [3.63, 3.8) is 0 Å². The zero-order valence-electron chi connectivity index (χ0n) is 10.3. The summed E-state index contributed by atoms with van der Waals surface area (Å²) in [6.07, 6.45) is 0. The van der Waals surface area contributed by atoms with Gasteiger partial charge >= 0.3 is 0 Å². The van der Waals surface area contributed by atoms with E-state index >= 15 is 0 Å². The van der Waals surface area contributed by atoms with Gasteiger partial charge in [-0.2, -0.15) is 0 Å². The van der Waals surface area contributed by atoms with Crippen molar-refractivity contribution >= 4 is 17.5 Å². The van der Waals surface area contributed by atoms with Crippen LogP contribution in [0.1, 0.15) is 16.4 Å². The summed E-state index contributed by atoms with van der Waals surface area (Å²) in [6, 6.07) is 7.06. The van der Waals surface area contributed by atoms with Gasteiger partial charge < -0.3 is 10.4 Å². The van der Waals surface area contributed by atoms with Crippen LogP contribution in [0, 0.1) is 6.92 Å². The molecule has 0 spiro atoms. The number of benzene rings is 1. The van der Waals surface area contributed by atoms with Gasteiger partial charge in [0.1, 0.15) is 5.82 Å². The number of hydrogen-bond donors (Lipinski definition) is 2. The van der Waals surface area contributed by atoms with E-state index in [4.69, 9.17) is 16.7 Å². The van der Waals surface area contributed by atoms with Crippen molar-refractivity contribution < 1.29 is 9.90 Å². The Balaban J connectivity index is 2.26. The number of rotatable bonds is 4. The fourth-order valence-corrected chi connectivity index (χ4v) is 1.69. The number of aromatic nitrogens is 3. The number of aryl methyl sites for hydroxylation is 1. The summed E-state index contributed by atoms with van der Waals surface area (Å²) in [5, 5.41) is 15.9. The second-order valence-corrected chi connectivity index (χ2v) is 4.29. The molecule has 0 bridgehead atoms. The van der Waals surface area contributed by atoms with Gasteiger partial charge in [-0.25, -0.2) is 9.67 Å². The van der Waals surface area contributed by atoms with Crippen molar-refractivity contribution in [3.8, 4) is 5.69 Å². The molecule has 1 aromatic carbocycles. The van der Waals surface area contributed by atoms with Gasteiger partial charge in [-0.15, -0.1) is 5.10 Å². The van der Waals surface area contributed by atoms with E-state index in [1.54, 1.807) is 35.9 Å².